The molecule has 6 heteroatoms. The van der Waals surface area contributed by atoms with Crippen molar-refractivity contribution in [2.75, 3.05) is 6.61 Å². The number of aliphatic carboxylic acids is 1. The first-order valence-corrected chi connectivity index (χ1v) is 9.92. The number of benzene rings is 1. The third-order valence-corrected chi connectivity index (χ3v) is 5.65. The Hall–Kier alpha value is -1.14. The van der Waals surface area contributed by atoms with Gasteiger partial charge in [-0.1, -0.05) is 44.2 Å². The molecule has 1 N–H and O–H groups in total. The molecule has 0 fully saturated rings. The number of thioether (sulfide) groups is 2. The zero-order valence-corrected chi connectivity index (χ0v) is 16.2. The summed E-state index contributed by atoms with van der Waals surface area (Å²) >= 11 is 2.89. The number of ether oxygens (including phenoxy) is 1. The first kappa shape index (κ1) is 20.9. The van der Waals surface area contributed by atoms with Gasteiger partial charge in [-0.25, -0.2) is 0 Å². The van der Waals surface area contributed by atoms with Crippen molar-refractivity contribution in [2.45, 2.75) is 55.1 Å². The second-order valence-corrected chi connectivity index (χ2v) is 9.49. The molecular weight excluding hydrogens is 344 g/mol. The number of rotatable bonds is 10. The number of carbonyl (C=O) groups excluding carboxylic acids is 1. The van der Waals surface area contributed by atoms with Gasteiger partial charge in [0.2, 0.25) is 0 Å². The number of carboxylic acid groups (broad SMARTS) is 1. The van der Waals surface area contributed by atoms with Gasteiger partial charge in [0.1, 0.15) is 11.9 Å². The summed E-state index contributed by atoms with van der Waals surface area (Å²) in [5.74, 6) is -1.08. The molecule has 0 aliphatic carbocycles. The van der Waals surface area contributed by atoms with Crippen molar-refractivity contribution < 1.29 is 19.4 Å². The zero-order chi connectivity index (χ0) is 18.1. The number of esters is 1. The monoisotopic (exact) mass is 370 g/mol. The predicted octanol–water partition coefficient (Wildman–Crippen LogP) is 3.88. The van der Waals surface area contributed by atoms with E-state index in [-0.39, 0.29) is 23.1 Å². The summed E-state index contributed by atoms with van der Waals surface area (Å²) in [7, 11) is 0. The average molecular weight is 371 g/mol. The van der Waals surface area contributed by atoms with E-state index in [0.29, 0.717) is 11.7 Å². The molecule has 0 radical (unpaired) electrons. The smallest absolute Gasteiger partial charge is 0.318 e. The maximum atomic E-state index is 11.9. The predicted molar refractivity (Wildman–Crippen MR) is 102 cm³/mol. The molecule has 3 unspecified atom stereocenters. The van der Waals surface area contributed by atoms with Gasteiger partial charge >= 0.3 is 11.9 Å². The standard InChI is InChI=1S/C18H26O4S2/c1-12(2)23-14(4)18(21)22-11-13(3)24-16(17(19)20)10-15-8-6-5-7-9-15/h5-9,12-14,16H,10-11H2,1-4H3,(H,19,20). The highest BCUT2D eigenvalue weighted by Crippen LogP contribution is 2.23. The van der Waals surface area contributed by atoms with Gasteiger partial charge in [0, 0.05) is 5.25 Å². The fourth-order valence-electron chi connectivity index (χ4n) is 2.12. The number of hydrogen-bond donors (Lipinski definition) is 1. The lowest BCUT2D eigenvalue weighted by Crippen LogP contribution is -2.26. The molecule has 0 aliphatic rings. The Balaban J connectivity index is 2.47. The average Bonchev–Trinajstić information content (AvgIpc) is 2.52. The minimum absolute atomic E-state index is 0.0741. The molecule has 0 aromatic heterocycles. The first-order valence-electron chi connectivity index (χ1n) is 8.03. The van der Waals surface area contributed by atoms with Gasteiger partial charge in [-0.05, 0) is 31.1 Å². The highest BCUT2D eigenvalue weighted by molar-refractivity contribution is 8.01. The molecule has 1 aromatic rings. The van der Waals surface area contributed by atoms with Crippen molar-refractivity contribution in [3.05, 3.63) is 35.9 Å². The van der Waals surface area contributed by atoms with E-state index in [0.717, 1.165) is 5.56 Å². The topological polar surface area (TPSA) is 63.6 Å². The lowest BCUT2D eigenvalue weighted by atomic mass is 10.1. The summed E-state index contributed by atoms with van der Waals surface area (Å²) in [6.07, 6.45) is 0.457. The molecule has 134 valence electrons. The van der Waals surface area contributed by atoms with E-state index in [2.05, 4.69) is 0 Å². The van der Waals surface area contributed by atoms with Crippen molar-refractivity contribution >= 4 is 35.5 Å². The normalized spacial score (nSPS) is 14.9. The summed E-state index contributed by atoms with van der Waals surface area (Å²) in [6.45, 7) is 8.02. The van der Waals surface area contributed by atoms with Gasteiger partial charge in [-0.3, -0.25) is 9.59 Å². The maximum Gasteiger partial charge on any atom is 0.318 e. The van der Waals surface area contributed by atoms with Gasteiger partial charge in [0.05, 0.1) is 5.25 Å². The fraction of sp³-hybridized carbons (Fsp3) is 0.556. The Morgan fingerprint density at radius 1 is 1.08 bits per heavy atom. The van der Waals surface area contributed by atoms with Crippen LogP contribution in [0.4, 0.5) is 0 Å². The van der Waals surface area contributed by atoms with Gasteiger partial charge in [-0.2, -0.15) is 0 Å². The largest absolute Gasteiger partial charge is 0.480 e. The molecule has 24 heavy (non-hydrogen) atoms. The molecular formula is C18H26O4S2. The van der Waals surface area contributed by atoms with Crippen LogP contribution in [-0.2, 0) is 20.7 Å². The van der Waals surface area contributed by atoms with Gasteiger partial charge in [-0.15, -0.1) is 23.5 Å². The lowest BCUT2D eigenvalue weighted by Gasteiger charge is -2.19. The number of hydrogen-bond acceptors (Lipinski definition) is 5. The van der Waals surface area contributed by atoms with Crippen LogP contribution >= 0.6 is 23.5 Å². The van der Waals surface area contributed by atoms with Crippen LogP contribution in [-0.4, -0.2) is 44.7 Å². The van der Waals surface area contributed by atoms with Crippen LogP contribution in [0.2, 0.25) is 0 Å². The Morgan fingerprint density at radius 3 is 2.25 bits per heavy atom. The Labute approximate surface area is 152 Å². The molecule has 0 saturated carbocycles. The van der Waals surface area contributed by atoms with E-state index in [1.165, 1.54) is 11.8 Å². The van der Waals surface area contributed by atoms with E-state index in [9.17, 15) is 14.7 Å². The van der Waals surface area contributed by atoms with Gasteiger partial charge in [0.25, 0.3) is 0 Å². The van der Waals surface area contributed by atoms with Crippen LogP contribution in [0.1, 0.15) is 33.3 Å². The minimum atomic E-state index is -0.842. The third kappa shape index (κ3) is 8.11. The van der Waals surface area contributed by atoms with Crippen LogP contribution in [0, 0.1) is 0 Å². The first-order chi connectivity index (χ1) is 11.3. The Morgan fingerprint density at radius 2 is 1.71 bits per heavy atom. The number of carbonyl (C=O) groups is 2. The fourth-order valence-corrected chi connectivity index (χ4v) is 4.23. The maximum absolute atomic E-state index is 11.9. The third-order valence-electron chi connectivity index (χ3n) is 3.20. The van der Waals surface area contributed by atoms with Crippen LogP contribution in [0.25, 0.3) is 0 Å². The Kier molecular flexibility index (Phi) is 9.29. The van der Waals surface area contributed by atoms with Crippen LogP contribution in [0.15, 0.2) is 30.3 Å². The van der Waals surface area contributed by atoms with Crippen LogP contribution in [0.5, 0.6) is 0 Å². The Bertz CT molecular complexity index is 519. The summed E-state index contributed by atoms with van der Waals surface area (Å²) in [5, 5.41) is 8.95. The van der Waals surface area contributed by atoms with Crippen LogP contribution in [0.3, 0.4) is 0 Å². The summed E-state index contributed by atoms with van der Waals surface area (Å²) in [4.78, 5) is 23.4. The van der Waals surface area contributed by atoms with Crippen LogP contribution < -0.4 is 0 Å². The summed E-state index contributed by atoms with van der Waals surface area (Å²) in [6, 6.07) is 9.55. The van der Waals surface area contributed by atoms with E-state index < -0.39 is 11.2 Å². The van der Waals surface area contributed by atoms with Gasteiger partial charge in [0.15, 0.2) is 0 Å². The molecule has 0 saturated heterocycles. The van der Waals surface area contributed by atoms with E-state index in [4.69, 9.17) is 4.74 Å². The highest BCUT2D eigenvalue weighted by atomic mass is 32.2. The lowest BCUT2D eigenvalue weighted by molar-refractivity contribution is -0.142. The van der Waals surface area contributed by atoms with Crippen molar-refractivity contribution in [3.63, 3.8) is 0 Å². The molecule has 0 spiro atoms. The summed E-state index contributed by atoms with van der Waals surface area (Å²) < 4.78 is 5.32. The molecule has 0 bridgehead atoms. The van der Waals surface area contributed by atoms with E-state index in [1.807, 2.05) is 58.0 Å². The molecule has 0 heterocycles. The van der Waals surface area contributed by atoms with Crippen molar-refractivity contribution in [1.82, 2.24) is 0 Å². The number of carboxylic acids is 1. The van der Waals surface area contributed by atoms with E-state index in [1.54, 1.807) is 11.8 Å². The van der Waals surface area contributed by atoms with Crippen molar-refractivity contribution in [2.24, 2.45) is 0 Å². The second-order valence-electron chi connectivity index (χ2n) is 5.92. The summed E-state index contributed by atoms with van der Waals surface area (Å²) in [5.41, 5.74) is 0.989. The molecule has 4 nitrogen and oxygen atoms in total. The van der Waals surface area contributed by atoms with Crippen molar-refractivity contribution in [3.8, 4) is 0 Å². The molecule has 1 rings (SSSR count). The van der Waals surface area contributed by atoms with E-state index >= 15 is 0 Å². The molecule has 0 aliphatic heterocycles. The van der Waals surface area contributed by atoms with Gasteiger partial charge < -0.3 is 9.84 Å². The highest BCUT2D eigenvalue weighted by Gasteiger charge is 2.23. The zero-order valence-electron chi connectivity index (χ0n) is 14.6. The van der Waals surface area contributed by atoms with Crippen molar-refractivity contribution in [1.29, 1.82) is 0 Å². The second kappa shape index (κ2) is 10.7. The minimum Gasteiger partial charge on any atom is -0.480 e. The quantitative estimate of drug-likeness (QED) is 0.631. The molecule has 1 aromatic carbocycles. The SMILES string of the molecule is CC(C)SC(C)C(=O)OCC(C)SC(Cc1ccccc1)C(=O)O. The molecule has 0 amide bonds. The molecule has 3 atom stereocenters.